The number of oxazole rings is 1. The third-order valence-electron chi connectivity index (χ3n) is 3.95. The number of rotatable bonds is 2. The molecule has 3 nitrogen and oxygen atoms in total. The molecule has 1 aliphatic heterocycles. The number of aromatic nitrogens is 1. The summed E-state index contributed by atoms with van der Waals surface area (Å²) in [5.74, 6) is 3.26. The van der Waals surface area contributed by atoms with Gasteiger partial charge in [-0.05, 0) is 32.2 Å². The van der Waals surface area contributed by atoms with Crippen LogP contribution in [0.4, 0.5) is 0 Å². The molecule has 1 aliphatic carbocycles. The van der Waals surface area contributed by atoms with Crippen molar-refractivity contribution in [3.05, 3.63) is 17.8 Å². The summed E-state index contributed by atoms with van der Waals surface area (Å²) >= 11 is 0. The maximum absolute atomic E-state index is 5.96. The molecule has 1 N–H and O–H groups in total. The highest BCUT2D eigenvalue weighted by atomic mass is 16.4. The van der Waals surface area contributed by atoms with E-state index in [0.717, 1.165) is 24.7 Å². The number of piperidine rings is 1. The van der Waals surface area contributed by atoms with Gasteiger partial charge >= 0.3 is 0 Å². The van der Waals surface area contributed by atoms with Crippen LogP contribution in [0.5, 0.6) is 0 Å². The fourth-order valence-corrected chi connectivity index (χ4v) is 2.95. The highest BCUT2D eigenvalue weighted by Crippen LogP contribution is 2.35. The Morgan fingerprint density at radius 3 is 2.69 bits per heavy atom. The maximum atomic E-state index is 5.96. The summed E-state index contributed by atoms with van der Waals surface area (Å²) in [6.07, 6.45) is 9.72. The van der Waals surface area contributed by atoms with Gasteiger partial charge in [-0.2, -0.15) is 0 Å². The molecular weight excluding hydrogens is 200 g/mol. The molecule has 16 heavy (non-hydrogen) atoms. The predicted molar refractivity (Wildman–Crippen MR) is 62.6 cm³/mol. The molecule has 88 valence electrons. The minimum Gasteiger partial charge on any atom is -0.445 e. The van der Waals surface area contributed by atoms with Gasteiger partial charge in [-0.25, -0.2) is 4.98 Å². The minimum absolute atomic E-state index is 0.504. The fourth-order valence-electron chi connectivity index (χ4n) is 2.95. The maximum Gasteiger partial charge on any atom is 0.198 e. The molecule has 3 rings (SSSR count). The molecule has 2 heterocycles. The van der Waals surface area contributed by atoms with Crippen LogP contribution in [0.15, 0.2) is 10.6 Å². The fraction of sp³-hybridized carbons (Fsp3) is 0.769. The van der Waals surface area contributed by atoms with Crippen molar-refractivity contribution in [2.75, 3.05) is 13.1 Å². The molecule has 0 amide bonds. The lowest BCUT2D eigenvalue weighted by molar-refractivity contribution is 0.353. The van der Waals surface area contributed by atoms with Crippen LogP contribution in [0.1, 0.15) is 62.0 Å². The zero-order valence-corrected chi connectivity index (χ0v) is 9.74. The first-order chi connectivity index (χ1) is 7.93. The summed E-state index contributed by atoms with van der Waals surface area (Å²) in [5.41, 5.74) is 0. The van der Waals surface area contributed by atoms with Crippen molar-refractivity contribution < 1.29 is 4.42 Å². The summed E-state index contributed by atoms with van der Waals surface area (Å²) in [5, 5.41) is 3.41. The second kappa shape index (κ2) is 4.58. The Balaban J connectivity index is 1.71. The molecule has 3 heteroatoms. The molecular formula is C13H20N2O. The van der Waals surface area contributed by atoms with E-state index in [1.165, 1.54) is 38.5 Å². The van der Waals surface area contributed by atoms with Gasteiger partial charge in [0.05, 0.1) is 6.20 Å². The monoisotopic (exact) mass is 220 g/mol. The SMILES string of the molecule is c1nc(C2CCCNC2)oc1C1CCCC1. The van der Waals surface area contributed by atoms with E-state index in [1.54, 1.807) is 0 Å². The normalized spacial score (nSPS) is 27.4. The van der Waals surface area contributed by atoms with Crippen LogP contribution >= 0.6 is 0 Å². The Labute approximate surface area is 96.6 Å². The largest absolute Gasteiger partial charge is 0.445 e. The zero-order chi connectivity index (χ0) is 10.8. The van der Waals surface area contributed by atoms with Gasteiger partial charge in [0, 0.05) is 18.4 Å². The minimum atomic E-state index is 0.504. The molecule has 0 aromatic carbocycles. The Kier molecular flexibility index (Phi) is 2.96. The second-order valence-corrected chi connectivity index (χ2v) is 5.13. The van der Waals surface area contributed by atoms with E-state index in [4.69, 9.17) is 4.42 Å². The summed E-state index contributed by atoms with van der Waals surface area (Å²) in [6, 6.07) is 0. The van der Waals surface area contributed by atoms with Crippen molar-refractivity contribution in [1.29, 1.82) is 0 Å². The van der Waals surface area contributed by atoms with E-state index in [9.17, 15) is 0 Å². The van der Waals surface area contributed by atoms with Crippen LogP contribution in [0.3, 0.4) is 0 Å². The summed E-state index contributed by atoms with van der Waals surface area (Å²) in [4.78, 5) is 4.48. The van der Waals surface area contributed by atoms with Crippen LogP contribution in [0.25, 0.3) is 0 Å². The van der Waals surface area contributed by atoms with Crippen LogP contribution in [0.2, 0.25) is 0 Å². The van der Waals surface area contributed by atoms with Crippen LogP contribution in [0, 0.1) is 0 Å². The van der Waals surface area contributed by atoms with E-state index in [2.05, 4.69) is 10.3 Å². The van der Waals surface area contributed by atoms with Gasteiger partial charge in [0.1, 0.15) is 5.76 Å². The second-order valence-electron chi connectivity index (χ2n) is 5.13. The first kappa shape index (κ1) is 10.3. The van der Waals surface area contributed by atoms with Gasteiger partial charge in [0.2, 0.25) is 0 Å². The summed E-state index contributed by atoms with van der Waals surface area (Å²) < 4.78 is 5.96. The van der Waals surface area contributed by atoms with Crippen molar-refractivity contribution in [1.82, 2.24) is 10.3 Å². The van der Waals surface area contributed by atoms with Gasteiger partial charge in [0.15, 0.2) is 5.89 Å². The quantitative estimate of drug-likeness (QED) is 0.832. The molecule has 2 fully saturated rings. The van der Waals surface area contributed by atoms with E-state index in [0.29, 0.717) is 11.8 Å². The van der Waals surface area contributed by atoms with Crippen molar-refractivity contribution in [2.24, 2.45) is 0 Å². The average Bonchev–Trinajstić information content (AvgIpc) is 3.01. The summed E-state index contributed by atoms with van der Waals surface area (Å²) in [7, 11) is 0. The van der Waals surface area contributed by atoms with Crippen LogP contribution in [-0.4, -0.2) is 18.1 Å². The highest BCUT2D eigenvalue weighted by molar-refractivity contribution is 5.06. The number of hydrogen-bond acceptors (Lipinski definition) is 3. The average molecular weight is 220 g/mol. The van der Waals surface area contributed by atoms with E-state index in [1.807, 2.05) is 6.20 Å². The van der Waals surface area contributed by atoms with E-state index in [-0.39, 0.29) is 0 Å². The third kappa shape index (κ3) is 2.01. The predicted octanol–water partition coefficient (Wildman–Crippen LogP) is 2.80. The molecule has 0 bridgehead atoms. The first-order valence-electron chi connectivity index (χ1n) is 6.60. The summed E-state index contributed by atoms with van der Waals surface area (Å²) in [6.45, 7) is 2.18. The molecule has 1 saturated carbocycles. The van der Waals surface area contributed by atoms with Gasteiger partial charge in [0.25, 0.3) is 0 Å². The molecule has 0 spiro atoms. The number of nitrogens with one attached hydrogen (secondary N) is 1. The number of nitrogens with zero attached hydrogens (tertiary/aromatic N) is 1. The van der Waals surface area contributed by atoms with Crippen molar-refractivity contribution >= 4 is 0 Å². The van der Waals surface area contributed by atoms with Crippen molar-refractivity contribution in [2.45, 2.75) is 50.4 Å². The lowest BCUT2D eigenvalue weighted by Crippen LogP contribution is -2.28. The lowest BCUT2D eigenvalue weighted by atomic mass is 10.00. The van der Waals surface area contributed by atoms with E-state index < -0.39 is 0 Å². The smallest absolute Gasteiger partial charge is 0.198 e. The Bertz CT molecular complexity index is 335. The van der Waals surface area contributed by atoms with Gasteiger partial charge in [-0.15, -0.1) is 0 Å². The topological polar surface area (TPSA) is 38.1 Å². The van der Waals surface area contributed by atoms with Gasteiger partial charge in [-0.1, -0.05) is 12.8 Å². The highest BCUT2D eigenvalue weighted by Gasteiger charge is 2.24. The lowest BCUT2D eigenvalue weighted by Gasteiger charge is -2.19. The van der Waals surface area contributed by atoms with Gasteiger partial charge < -0.3 is 9.73 Å². The van der Waals surface area contributed by atoms with Gasteiger partial charge in [-0.3, -0.25) is 0 Å². The van der Waals surface area contributed by atoms with E-state index >= 15 is 0 Å². The molecule has 0 radical (unpaired) electrons. The molecule has 1 aromatic rings. The Hall–Kier alpha value is -0.830. The Morgan fingerprint density at radius 2 is 1.94 bits per heavy atom. The molecule has 1 atom stereocenters. The molecule has 1 saturated heterocycles. The Morgan fingerprint density at radius 1 is 1.12 bits per heavy atom. The number of hydrogen-bond donors (Lipinski definition) is 1. The third-order valence-corrected chi connectivity index (χ3v) is 3.95. The molecule has 1 unspecified atom stereocenters. The first-order valence-corrected chi connectivity index (χ1v) is 6.60. The molecule has 2 aliphatic rings. The standard InChI is InChI=1S/C13H20N2O/c1-2-5-10(4-1)12-9-15-13(16-12)11-6-3-7-14-8-11/h9-11,14H,1-8H2. The van der Waals surface area contributed by atoms with Crippen molar-refractivity contribution in [3.8, 4) is 0 Å². The van der Waals surface area contributed by atoms with Crippen LogP contribution in [-0.2, 0) is 0 Å². The van der Waals surface area contributed by atoms with Crippen molar-refractivity contribution in [3.63, 3.8) is 0 Å². The zero-order valence-electron chi connectivity index (χ0n) is 9.74. The van der Waals surface area contributed by atoms with Crippen LogP contribution < -0.4 is 5.32 Å². The molecule has 1 aromatic heterocycles.